The molecule has 0 heterocycles. The first kappa shape index (κ1) is 17.5. The van der Waals surface area contributed by atoms with Gasteiger partial charge in [0.2, 0.25) is 0 Å². The van der Waals surface area contributed by atoms with Crippen molar-refractivity contribution in [3.63, 3.8) is 0 Å². The molecule has 0 radical (unpaired) electrons. The van der Waals surface area contributed by atoms with Crippen LogP contribution in [-0.4, -0.2) is 25.2 Å². The maximum atomic E-state index is 13.8. The van der Waals surface area contributed by atoms with E-state index < -0.39 is 34.9 Å². The lowest BCUT2D eigenvalue weighted by Crippen LogP contribution is -2.28. The molecule has 2 aromatic rings. The van der Waals surface area contributed by atoms with Crippen molar-refractivity contribution in [1.29, 1.82) is 0 Å². The summed E-state index contributed by atoms with van der Waals surface area (Å²) in [6, 6.07) is 5.69. The van der Waals surface area contributed by atoms with E-state index in [0.717, 1.165) is 0 Å². The Morgan fingerprint density at radius 3 is 2.46 bits per heavy atom. The van der Waals surface area contributed by atoms with E-state index in [0.29, 0.717) is 29.2 Å². The number of carbonyl (C=O) groups is 1. The first-order valence-electron chi connectivity index (χ1n) is 7.08. The second-order valence-corrected chi connectivity index (χ2v) is 5.08. The standard InChI is InChI=1S/C17H17F2NO4/c1-9(12-5-4-11(23-2)8-15(12)24-3)20-17(22)16-13(19)6-10(18)7-14(16)21/h4-9,21H,1-3H3,(H,20,22)/t9-/m1/s1. The molecule has 1 atom stereocenters. The lowest BCUT2D eigenvalue weighted by molar-refractivity contribution is 0.0932. The third-order valence-electron chi connectivity index (χ3n) is 3.52. The van der Waals surface area contributed by atoms with Crippen LogP contribution in [0.15, 0.2) is 30.3 Å². The fraction of sp³-hybridized carbons (Fsp3) is 0.235. The lowest BCUT2D eigenvalue weighted by Gasteiger charge is -2.18. The first-order valence-corrected chi connectivity index (χ1v) is 7.08. The van der Waals surface area contributed by atoms with Gasteiger partial charge in [0.25, 0.3) is 5.91 Å². The third-order valence-corrected chi connectivity index (χ3v) is 3.52. The highest BCUT2D eigenvalue weighted by atomic mass is 19.1. The molecule has 0 aliphatic carbocycles. The van der Waals surface area contributed by atoms with E-state index in [1.807, 2.05) is 0 Å². The number of halogens is 2. The van der Waals surface area contributed by atoms with Crippen molar-refractivity contribution in [2.45, 2.75) is 13.0 Å². The first-order chi connectivity index (χ1) is 11.4. The molecule has 0 bridgehead atoms. The Hall–Kier alpha value is -2.83. The smallest absolute Gasteiger partial charge is 0.258 e. The summed E-state index contributed by atoms with van der Waals surface area (Å²) >= 11 is 0. The highest BCUT2D eigenvalue weighted by Gasteiger charge is 2.22. The summed E-state index contributed by atoms with van der Waals surface area (Å²) in [6.45, 7) is 1.67. The van der Waals surface area contributed by atoms with Crippen LogP contribution in [0.25, 0.3) is 0 Å². The van der Waals surface area contributed by atoms with Crippen molar-refractivity contribution >= 4 is 5.91 Å². The van der Waals surface area contributed by atoms with E-state index in [2.05, 4.69) is 5.32 Å². The molecule has 7 heteroatoms. The zero-order valence-electron chi connectivity index (χ0n) is 13.4. The Labute approximate surface area is 137 Å². The van der Waals surface area contributed by atoms with Crippen molar-refractivity contribution in [1.82, 2.24) is 5.32 Å². The lowest BCUT2D eigenvalue weighted by atomic mass is 10.1. The van der Waals surface area contributed by atoms with Crippen LogP contribution in [0.4, 0.5) is 8.78 Å². The number of phenolic OH excluding ortho intramolecular Hbond substituents is 1. The number of ether oxygens (including phenoxy) is 2. The summed E-state index contributed by atoms with van der Waals surface area (Å²) in [5.41, 5.74) is 0.0180. The van der Waals surface area contributed by atoms with E-state index in [4.69, 9.17) is 9.47 Å². The third kappa shape index (κ3) is 3.56. The van der Waals surface area contributed by atoms with Gasteiger partial charge in [-0.2, -0.15) is 0 Å². The predicted molar refractivity (Wildman–Crippen MR) is 83.5 cm³/mol. The van der Waals surface area contributed by atoms with Crippen LogP contribution in [-0.2, 0) is 0 Å². The van der Waals surface area contributed by atoms with Crippen molar-refractivity contribution < 1.29 is 28.2 Å². The fourth-order valence-corrected chi connectivity index (χ4v) is 2.31. The Morgan fingerprint density at radius 2 is 1.88 bits per heavy atom. The average molecular weight is 337 g/mol. The maximum Gasteiger partial charge on any atom is 0.258 e. The molecule has 24 heavy (non-hydrogen) atoms. The molecule has 0 aliphatic heterocycles. The van der Waals surface area contributed by atoms with Crippen LogP contribution in [0.2, 0.25) is 0 Å². The van der Waals surface area contributed by atoms with Gasteiger partial charge in [-0.25, -0.2) is 8.78 Å². The van der Waals surface area contributed by atoms with Gasteiger partial charge < -0.3 is 19.9 Å². The van der Waals surface area contributed by atoms with Crippen molar-refractivity contribution in [2.75, 3.05) is 14.2 Å². The van der Waals surface area contributed by atoms with Crippen LogP contribution in [0, 0.1) is 11.6 Å². The molecule has 0 saturated heterocycles. The summed E-state index contributed by atoms with van der Waals surface area (Å²) in [6.07, 6.45) is 0. The van der Waals surface area contributed by atoms with Crippen LogP contribution in [0.5, 0.6) is 17.2 Å². The van der Waals surface area contributed by atoms with Gasteiger partial charge in [-0.3, -0.25) is 4.79 Å². The molecule has 0 aliphatic rings. The average Bonchev–Trinajstić information content (AvgIpc) is 2.52. The van der Waals surface area contributed by atoms with Crippen LogP contribution in [0.3, 0.4) is 0 Å². The molecule has 2 rings (SSSR count). The number of methoxy groups -OCH3 is 2. The highest BCUT2D eigenvalue weighted by Crippen LogP contribution is 2.30. The topological polar surface area (TPSA) is 67.8 Å². The summed E-state index contributed by atoms with van der Waals surface area (Å²) in [5, 5.41) is 12.2. The van der Waals surface area contributed by atoms with Gasteiger partial charge in [-0.1, -0.05) is 0 Å². The van der Waals surface area contributed by atoms with Gasteiger partial charge in [-0.05, 0) is 19.1 Å². The van der Waals surface area contributed by atoms with Gasteiger partial charge in [0.05, 0.1) is 20.3 Å². The molecular weight excluding hydrogens is 320 g/mol. The normalized spacial score (nSPS) is 11.7. The number of hydrogen-bond donors (Lipinski definition) is 2. The second-order valence-electron chi connectivity index (χ2n) is 5.08. The number of amides is 1. The van der Waals surface area contributed by atoms with Gasteiger partial charge in [0.15, 0.2) is 0 Å². The Bertz CT molecular complexity index is 741. The van der Waals surface area contributed by atoms with E-state index >= 15 is 0 Å². The minimum Gasteiger partial charge on any atom is -0.507 e. The number of aromatic hydroxyl groups is 1. The Kier molecular flexibility index (Phi) is 5.23. The maximum absolute atomic E-state index is 13.8. The molecule has 5 nitrogen and oxygen atoms in total. The van der Waals surface area contributed by atoms with Crippen LogP contribution < -0.4 is 14.8 Å². The van der Waals surface area contributed by atoms with E-state index in [-0.39, 0.29) is 0 Å². The van der Waals surface area contributed by atoms with Gasteiger partial charge in [-0.15, -0.1) is 0 Å². The molecule has 2 aromatic carbocycles. The Morgan fingerprint density at radius 1 is 1.17 bits per heavy atom. The molecule has 1 amide bonds. The zero-order valence-corrected chi connectivity index (χ0v) is 13.4. The minimum atomic E-state index is -1.14. The predicted octanol–water partition coefficient (Wildman–Crippen LogP) is 3.18. The largest absolute Gasteiger partial charge is 0.507 e. The molecule has 0 aromatic heterocycles. The van der Waals surface area contributed by atoms with Gasteiger partial charge >= 0.3 is 0 Å². The van der Waals surface area contributed by atoms with Crippen LogP contribution in [0.1, 0.15) is 28.9 Å². The minimum absolute atomic E-state index is 0.478. The number of rotatable bonds is 5. The summed E-state index contributed by atoms with van der Waals surface area (Å²) in [4.78, 5) is 12.2. The van der Waals surface area contributed by atoms with E-state index in [9.17, 15) is 18.7 Å². The summed E-state index contributed by atoms with van der Waals surface area (Å²) in [7, 11) is 2.98. The molecule has 2 N–H and O–H groups in total. The van der Waals surface area contributed by atoms with Crippen molar-refractivity contribution in [2.24, 2.45) is 0 Å². The SMILES string of the molecule is COc1ccc([C@@H](C)NC(=O)c2c(O)cc(F)cc2F)c(OC)c1. The van der Waals surface area contributed by atoms with Crippen molar-refractivity contribution in [3.8, 4) is 17.2 Å². The quantitative estimate of drug-likeness (QED) is 0.879. The number of nitrogens with one attached hydrogen (secondary N) is 1. The molecular formula is C17H17F2NO4. The van der Waals surface area contributed by atoms with Gasteiger partial charge in [0.1, 0.15) is 34.4 Å². The molecule has 0 fully saturated rings. The van der Waals surface area contributed by atoms with Crippen molar-refractivity contribution in [3.05, 3.63) is 53.1 Å². The monoisotopic (exact) mass is 337 g/mol. The number of carbonyl (C=O) groups excluding carboxylic acids is 1. The summed E-state index contributed by atoms with van der Waals surface area (Å²) in [5.74, 6) is -2.68. The number of hydrogen-bond acceptors (Lipinski definition) is 4. The molecule has 0 spiro atoms. The van der Waals surface area contributed by atoms with Gasteiger partial charge in [0, 0.05) is 23.8 Å². The molecule has 0 saturated carbocycles. The second kappa shape index (κ2) is 7.16. The number of phenols is 1. The highest BCUT2D eigenvalue weighted by molar-refractivity contribution is 5.97. The number of benzene rings is 2. The van der Waals surface area contributed by atoms with E-state index in [1.54, 1.807) is 25.1 Å². The van der Waals surface area contributed by atoms with E-state index in [1.165, 1.54) is 14.2 Å². The zero-order chi connectivity index (χ0) is 17.9. The molecule has 0 unspecified atom stereocenters. The summed E-state index contributed by atoms with van der Waals surface area (Å²) < 4.78 is 37.1. The van der Waals surface area contributed by atoms with Crippen LogP contribution >= 0.6 is 0 Å². The Balaban J connectivity index is 2.27. The molecule has 128 valence electrons. The fourth-order valence-electron chi connectivity index (χ4n) is 2.31.